The second kappa shape index (κ2) is 7.42. The summed E-state index contributed by atoms with van der Waals surface area (Å²) in [5.41, 5.74) is 0.577. The number of carbonyl (C=O) groups excluding carboxylic acids is 1. The zero-order valence-electron chi connectivity index (χ0n) is 11.4. The van der Waals surface area contributed by atoms with Crippen LogP contribution in [0.25, 0.3) is 0 Å². The zero-order valence-corrected chi connectivity index (χ0v) is 14.4. The van der Waals surface area contributed by atoms with E-state index in [1.54, 1.807) is 31.2 Å². The fourth-order valence-electron chi connectivity index (χ4n) is 1.65. The van der Waals surface area contributed by atoms with Crippen molar-refractivity contribution >= 4 is 58.0 Å². The molecule has 0 spiro atoms. The minimum atomic E-state index is -0.784. The Morgan fingerprint density at radius 2 is 1.73 bits per heavy atom. The van der Waals surface area contributed by atoms with Crippen LogP contribution >= 0.6 is 46.4 Å². The number of halogens is 4. The van der Waals surface area contributed by atoms with E-state index in [9.17, 15) is 4.79 Å². The van der Waals surface area contributed by atoms with Gasteiger partial charge in [-0.15, -0.1) is 0 Å². The van der Waals surface area contributed by atoms with Crippen LogP contribution in [0.3, 0.4) is 0 Å². The molecule has 3 nitrogen and oxygen atoms in total. The molecule has 2 rings (SSSR count). The van der Waals surface area contributed by atoms with Gasteiger partial charge in [-0.1, -0.05) is 52.5 Å². The molecule has 1 atom stereocenters. The van der Waals surface area contributed by atoms with Crippen LogP contribution in [0, 0.1) is 0 Å². The van der Waals surface area contributed by atoms with Crippen LogP contribution in [0.4, 0.5) is 5.69 Å². The van der Waals surface area contributed by atoms with E-state index in [2.05, 4.69) is 5.32 Å². The van der Waals surface area contributed by atoms with Crippen molar-refractivity contribution in [3.8, 4) is 5.75 Å². The average Bonchev–Trinajstić information content (AvgIpc) is 2.44. The van der Waals surface area contributed by atoms with Crippen molar-refractivity contribution < 1.29 is 9.53 Å². The highest BCUT2D eigenvalue weighted by molar-refractivity contribution is 6.43. The first-order valence-electron chi connectivity index (χ1n) is 6.24. The Morgan fingerprint density at radius 1 is 1.05 bits per heavy atom. The van der Waals surface area contributed by atoms with Gasteiger partial charge in [0.2, 0.25) is 0 Å². The Morgan fingerprint density at radius 3 is 2.41 bits per heavy atom. The monoisotopic (exact) mass is 377 g/mol. The van der Waals surface area contributed by atoms with Crippen molar-refractivity contribution in [2.24, 2.45) is 0 Å². The minimum absolute atomic E-state index is 0.275. The number of anilines is 1. The van der Waals surface area contributed by atoms with Crippen LogP contribution in [0.1, 0.15) is 6.92 Å². The lowest BCUT2D eigenvalue weighted by Crippen LogP contribution is -2.30. The zero-order chi connectivity index (χ0) is 16.3. The number of rotatable bonds is 4. The fraction of sp³-hybridized carbons (Fsp3) is 0.133. The predicted octanol–water partition coefficient (Wildman–Crippen LogP) is 5.71. The second-order valence-electron chi connectivity index (χ2n) is 4.46. The molecule has 0 aromatic heterocycles. The maximum atomic E-state index is 12.1. The quantitative estimate of drug-likeness (QED) is 0.692. The summed E-state index contributed by atoms with van der Waals surface area (Å²) in [4.78, 5) is 12.1. The topological polar surface area (TPSA) is 38.3 Å². The molecule has 116 valence electrons. The number of carbonyl (C=O) groups is 1. The summed E-state index contributed by atoms with van der Waals surface area (Å²) < 4.78 is 5.53. The molecule has 0 saturated heterocycles. The number of hydrogen-bond acceptors (Lipinski definition) is 2. The second-order valence-corrected chi connectivity index (χ2v) is 6.11. The highest BCUT2D eigenvalue weighted by Gasteiger charge is 2.17. The summed E-state index contributed by atoms with van der Waals surface area (Å²) in [5, 5.41) is 4.11. The van der Waals surface area contributed by atoms with Crippen molar-refractivity contribution in [3.05, 3.63) is 56.5 Å². The van der Waals surface area contributed by atoms with Gasteiger partial charge in [-0.2, -0.15) is 0 Å². The molecule has 0 radical (unpaired) electrons. The first-order valence-corrected chi connectivity index (χ1v) is 7.75. The summed E-state index contributed by atoms with van der Waals surface area (Å²) in [5.74, 6) is -0.0609. The van der Waals surface area contributed by atoms with Crippen molar-refractivity contribution in [3.63, 3.8) is 0 Å². The summed E-state index contributed by atoms with van der Waals surface area (Å²) in [6.45, 7) is 1.60. The van der Waals surface area contributed by atoms with Gasteiger partial charge in [0.25, 0.3) is 5.91 Å². The number of amides is 1. The molecule has 7 heteroatoms. The lowest BCUT2D eigenvalue weighted by Gasteiger charge is -2.16. The number of benzene rings is 2. The van der Waals surface area contributed by atoms with E-state index in [0.717, 1.165) is 0 Å². The van der Waals surface area contributed by atoms with E-state index in [1.807, 2.05) is 0 Å². The molecule has 1 amide bonds. The Balaban J connectivity index is 2.07. The Hall–Kier alpha value is -1.13. The first-order chi connectivity index (χ1) is 10.4. The van der Waals surface area contributed by atoms with Crippen molar-refractivity contribution in [1.29, 1.82) is 0 Å². The van der Waals surface area contributed by atoms with E-state index in [1.165, 1.54) is 12.1 Å². The molecule has 0 bridgehead atoms. The molecular formula is C15H11Cl4NO2. The minimum Gasteiger partial charge on any atom is -0.479 e. The van der Waals surface area contributed by atoms with Crippen LogP contribution < -0.4 is 10.1 Å². The van der Waals surface area contributed by atoms with Gasteiger partial charge < -0.3 is 10.1 Å². The van der Waals surface area contributed by atoms with Crippen molar-refractivity contribution in [2.75, 3.05) is 5.32 Å². The fourth-order valence-corrected chi connectivity index (χ4v) is 2.42. The molecule has 0 saturated carbocycles. The van der Waals surface area contributed by atoms with Crippen molar-refractivity contribution in [1.82, 2.24) is 0 Å². The maximum absolute atomic E-state index is 12.1. The third-order valence-electron chi connectivity index (χ3n) is 2.74. The molecular weight excluding hydrogens is 368 g/mol. The molecule has 22 heavy (non-hydrogen) atoms. The molecule has 0 unspecified atom stereocenters. The van der Waals surface area contributed by atoms with Crippen LogP contribution in [-0.4, -0.2) is 12.0 Å². The van der Waals surface area contributed by atoms with E-state index in [0.29, 0.717) is 20.8 Å². The van der Waals surface area contributed by atoms with E-state index < -0.39 is 6.10 Å². The Kier molecular flexibility index (Phi) is 5.81. The maximum Gasteiger partial charge on any atom is 0.265 e. The molecule has 0 fully saturated rings. The summed E-state index contributed by atoms with van der Waals surface area (Å²) in [7, 11) is 0. The third kappa shape index (κ3) is 4.43. The van der Waals surface area contributed by atoms with Crippen LogP contribution in [0.5, 0.6) is 5.75 Å². The summed E-state index contributed by atoms with van der Waals surface area (Å²) in [6.07, 6.45) is -0.784. The van der Waals surface area contributed by atoms with Crippen LogP contribution in [0.2, 0.25) is 20.1 Å². The van der Waals surface area contributed by atoms with Gasteiger partial charge in [0.15, 0.2) is 6.10 Å². The number of hydrogen-bond donors (Lipinski definition) is 1. The van der Waals surface area contributed by atoms with Crippen LogP contribution in [-0.2, 0) is 4.79 Å². The van der Waals surface area contributed by atoms with E-state index in [-0.39, 0.29) is 16.7 Å². The number of nitrogens with one attached hydrogen (secondary N) is 1. The lowest BCUT2D eigenvalue weighted by molar-refractivity contribution is -0.122. The summed E-state index contributed by atoms with van der Waals surface area (Å²) >= 11 is 23.6. The van der Waals surface area contributed by atoms with Gasteiger partial charge >= 0.3 is 0 Å². The lowest BCUT2D eigenvalue weighted by atomic mass is 10.3. The number of ether oxygens (including phenoxy) is 1. The van der Waals surface area contributed by atoms with Gasteiger partial charge in [0.1, 0.15) is 5.75 Å². The third-order valence-corrected chi connectivity index (χ3v) is 3.99. The van der Waals surface area contributed by atoms with Crippen molar-refractivity contribution in [2.45, 2.75) is 13.0 Å². The average molecular weight is 379 g/mol. The normalized spacial score (nSPS) is 11.9. The van der Waals surface area contributed by atoms with Gasteiger partial charge in [-0.25, -0.2) is 0 Å². The smallest absolute Gasteiger partial charge is 0.265 e. The van der Waals surface area contributed by atoms with Gasteiger partial charge in [-0.3, -0.25) is 4.79 Å². The predicted molar refractivity (Wildman–Crippen MR) is 91.6 cm³/mol. The van der Waals surface area contributed by atoms with Gasteiger partial charge in [-0.05, 0) is 31.2 Å². The Bertz CT molecular complexity index is 706. The first kappa shape index (κ1) is 17.2. The molecule has 0 aliphatic rings. The highest BCUT2D eigenvalue weighted by atomic mass is 35.5. The molecule has 0 aliphatic heterocycles. The molecule has 2 aromatic rings. The molecule has 0 heterocycles. The molecule has 2 aromatic carbocycles. The van der Waals surface area contributed by atoms with E-state index in [4.69, 9.17) is 51.1 Å². The van der Waals surface area contributed by atoms with E-state index >= 15 is 0 Å². The van der Waals surface area contributed by atoms with Crippen LogP contribution in [0.15, 0.2) is 36.4 Å². The molecule has 1 N–H and O–H groups in total. The Labute approximate surface area is 148 Å². The largest absolute Gasteiger partial charge is 0.479 e. The summed E-state index contributed by atoms with van der Waals surface area (Å²) in [6, 6.07) is 9.74. The standard InChI is InChI=1S/C15H11Cl4NO2/c1-8(15(21)20-10-4-2-3-9(16)5-10)22-14-7-12(18)11(17)6-13(14)19/h2-8H,1H3,(H,20,21)/t8-/m0/s1. The molecule has 0 aliphatic carbocycles. The highest BCUT2D eigenvalue weighted by Crippen LogP contribution is 2.34. The van der Waals surface area contributed by atoms with Gasteiger partial charge in [0, 0.05) is 16.8 Å². The SMILES string of the molecule is C[C@H](Oc1cc(Cl)c(Cl)cc1Cl)C(=O)Nc1cccc(Cl)c1. The van der Waals surface area contributed by atoms with Gasteiger partial charge in [0.05, 0.1) is 15.1 Å².